The molecule has 4 heteroatoms. The van der Waals surface area contributed by atoms with Crippen molar-refractivity contribution in [1.82, 2.24) is 5.32 Å². The molecular weight excluding hydrogens is 383 g/mol. The van der Waals surface area contributed by atoms with E-state index in [4.69, 9.17) is 16.9 Å². The Morgan fingerprint density at radius 2 is 1.93 bits per heavy atom. The monoisotopic (exact) mass is 416 g/mol. The molecule has 0 spiro atoms. The van der Waals surface area contributed by atoms with E-state index in [0.29, 0.717) is 10.6 Å². The summed E-state index contributed by atoms with van der Waals surface area (Å²) in [6.07, 6.45) is 3.64. The van der Waals surface area contributed by atoms with E-state index in [1.807, 2.05) is 39.0 Å². The lowest BCUT2D eigenvalue weighted by molar-refractivity contribution is 0.376. The number of hydrogen-bond acceptors (Lipinski definition) is 2. The summed E-state index contributed by atoms with van der Waals surface area (Å²) in [6.45, 7) is 13.1. The minimum Gasteiger partial charge on any atom is -0.316 e. The van der Waals surface area contributed by atoms with Gasteiger partial charge in [0, 0.05) is 0 Å². The Balaban J connectivity index is 0.000000218. The SMILES string of the molecule is CCC(C)C1CCNC1.CCc1cc(F)ccc1C.Cc1ccc(C#N)c(Cl)c1. The van der Waals surface area contributed by atoms with E-state index in [-0.39, 0.29) is 5.82 Å². The highest BCUT2D eigenvalue weighted by Crippen LogP contribution is 2.20. The Morgan fingerprint density at radius 3 is 2.41 bits per heavy atom. The van der Waals surface area contributed by atoms with Crippen molar-refractivity contribution in [2.24, 2.45) is 11.8 Å². The fraction of sp³-hybridized carbons (Fsp3) is 0.480. The molecule has 2 aromatic rings. The van der Waals surface area contributed by atoms with Crippen LogP contribution in [0.5, 0.6) is 0 Å². The molecule has 1 saturated heterocycles. The number of aryl methyl sites for hydroxylation is 3. The Kier molecular flexibility index (Phi) is 11.6. The molecule has 1 aliphatic heterocycles. The maximum Gasteiger partial charge on any atom is 0.123 e. The van der Waals surface area contributed by atoms with Crippen LogP contribution in [0.1, 0.15) is 55.9 Å². The van der Waals surface area contributed by atoms with Gasteiger partial charge in [-0.1, -0.05) is 50.9 Å². The molecule has 0 bridgehead atoms. The van der Waals surface area contributed by atoms with Crippen LogP contribution in [0.4, 0.5) is 4.39 Å². The van der Waals surface area contributed by atoms with Gasteiger partial charge < -0.3 is 5.32 Å². The van der Waals surface area contributed by atoms with Crippen LogP contribution in [-0.4, -0.2) is 13.1 Å². The molecule has 29 heavy (non-hydrogen) atoms. The summed E-state index contributed by atoms with van der Waals surface area (Å²) in [7, 11) is 0. The van der Waals surface area contributed by atoms with Gasteiger partial charge in [0.05, 0.1) is 10.6 Å². The van der Waals surface area contributed by atoms with Crippen LogP contribution in [0.2, 0.25) is 5.02 Å². The standard InChI is InChI=1S/C9H11F.C8H6ClN.C8H17N/c1-3-8-6-9(10)5-4-7(8)2;1-6-2-3-7(5-10)8(9)4-6;1-3-7(2)8-4-5-9-6-8/h4-6H,3H2,1-2H3;2-4H,1H3;7-9H,3-6H2,1-2H3. The van der Waals surface area contributed by atoms with Gasteiger partial charge in [-0.3, -0.25) is 0 Å². The van der Waals surface area contributed by atoms with E-state index in [0.717, 1.165) is 29.4 Å². The van der Waals surface area contributed by atoms with E-state index in [2.05, 4.69) is 19.2 Å². The lowest BCUT2D eigenvalue weighted by Gasteiger charge is -2.14. The van der Waals surface area contributed by atoms with E-state index in [9.17, 15) is 4.39 Å². The van der Waals surface area contributed by atoms with Gasteiger partial charge >= 0.3 is 0 Å². The molecule has 1 fully saturated rings. The third kappa shape index (κ3) is 8.98. The quantitative estimate of drug-likeness (QED) is 0.593. The molecule has 1 aliphatic rings. The average molecular weight is 417 g/mol. The highest BCUT2D eigenvalue weighted by molar-refractivity contribution is 6.31. The highest BCUT2D eigenvalue weighted by Gasteiger charge is 2.18. The zero-order valence-corrected chi connectivity index (χ0v) is 19.1. The minimum absolute atomic E-state index is 0.137. The van der Waals surface area contributed by atoms with Crippen molar-refractivity contribution < 1.29 is 4.39 Å². The molecular formula is C25H34ClFN2. The molecule has 1 heterocycles. The topological polar surface area (TPSA) is 35.8 Å². The zero-order valence-electron chi connectivity index (χ0n) is 18.4. The summed E-state index contributed by atoms with van der Waals surface area (Å²) >= 11 is 5.71. The van der Waals surface area contributed by atoms with E-state index in [1.165, 1.54) is 37.6 Å². The molecule has 1 N–H and O–H groups in total. The van der Waals surface area contributed by atoms with Crippen molar-refractivity contribution in [2.75, 3.05) is 13.1 Å². The van der Waals surface area contributed by atoms with Crippen LogP contribution in [-0.2, 0) is 6.42 Å². The zero-order chi connectivity index (χ0) is 21.8. The Morgan fingerprint density at radius 1 is 1.21 bits per heavy atom. The number of rotatable bonds is 3. The summed E-state index contributed by atoms with van der Waals surface area (Å²) in [5.41, 5.74) is 3.88. The van der Waals surface area contributed by atoms with Crippen LogP contribution < -0.4 is 5.32 Å². The summed E-state index contributed by atoms with van der Waals surface area (Å²) < 4.78 is 12.5. The number of nitriles is 1. The Bertz CT molecular complexity index is 783. The first-order valence-electron chi connectivity index (χ1n) is 10.4. The van der Waals surface area contributed by atoms with E-state index in [1.54, 1.807) is 18.2 Å². The highest BCUT2D eigenvalue weighted by atomic mass is 35.5. The molecule has 0 radical (unpaired) electrons. The minimum atomic E-state index is -0.137. The first kappa shape index (κ1) is 25.1. The molecule has 0 saturated carbocycles. The maximum absolute atomic E-state index is 12.5. The van der Waals surface area contributed by atoms with Gasteiger partial charge in [0.15, 0.2) is 0 Å². The summed E-state index contributed by atoms with van der Waals surface area (Å²) in [5.74, 6) is 1.76. The molecule has 2 atom stereocenters. The second-order valence-corrected chi connectivity index (χ2v) is 8.07. The van der Waals surface area contributed by atoms with E-state index < -0.39 is 0 Å². The van der Waals surface area contributed by atoms with E-state index >= 15 is 0 Å². The van der Waals surface area contributed by atoms with Crippen LogP contribution in [0, 0.1) is 42.8 Å². The molecule has 0 amide bonds. The smallest absolute Gasteiger partial charge is 0.123 e. The van der Waals surface area contributed by atoms with Crippen LogP contribution in [0.3, 0.4) is 0 Å². The molecule has 0 aromatic heterocycles. The van der Waals surface area contributed by atoms with Crippen molar-refractivity contribution in [1.29, 1.82) is 5.26 Å². The molecule has 2 nitrogen and oxygen atoms in total. The number of nitrogens with one attached hydrogen (secondary N) is 1. The second-order valence-electron chi connectivity index (χ2n) is 7.66. The number of benzene rings is 2. The van der Waals surface area contributed by atoms with Gasteiger partial charge in [-0.25, -0.2) is 4.39 Å². The van der Waals surface area contributed by atoms with Gasteiger partial charge in [-0.05, 0) is 92.6 Å². The Labute approximate surface area is 181 Å². The molecule has 3 rings (SSSR count). The van der Waals surface area contributed by atoms with Gasteiger partial charge in [-0.2, -0.15) is 5.26 Å². The third-order valence-corrected chi connectivity index (χ3v) is 5.80. The average Bonchev–Trinajstić information content (AvgIpc) is 3.25. The fourth-order valence-corrected chi connectivity index (χ4v) is 3.51. The molecule has 0 aliphatic carbocycles. The fourth-order valence-electron chi connectivity index (χ4n) is 3.23. The predicted molar refractivity (Wildman–Crippen MR) is 122 cm³/mol. The normalized spacial score (nSPS) is 16.0. The third-order valence-electron chi connectivity index (χ3n) is 5.48. The number of nitrogens with zero attached hydrogens (tertiary/aromatic N) is 1. The summed E-state index contributed by atoms with van der Waals surface area (Å²) in [4.78, 5) is 0. The van der Waals surface area contributed by atoms with Crippen molar-refractivity contribution in [3.8, 4) is 6.07 Å². The predicted octanol–water partition coefficient (Wildman–Crippen LogP) is 6.86. The molecule has 2 aromatic carbocycles. The lowest BCUT2D eigenvalue weighted by atomic mass is 9.91. The number of halogens is 2. The Hall–Kier alpha value is -1.89. The van der Waals surface area contributed by atoms with Gasteiger partial charge in [-0.15, -0.1) is 0 Å². The largest absolute Gasteiger partial charge is 0.316 e. The van der Waals surface area contributed by atoms with Crippen LogP contribution in [0.25, 0.3) is 0 Å². The van der Waals surface area contributed by atoms with Crippen molar-refractivity contribution in [3.05, 3.63) is 69.5 Å². The van der Waals surface area contributed by atoms with Gasteiger partial charge in [0.1, 0.15) is 11.9 Å². The van der Waals surface area contributed by atoms with Crippen molar-refractivity contribution in [2.45, 2.75) is 53.9 Å². The maximum atomic E-state index is 12.5. The van der Waals surface area contributed by atoms with Crippen molar-refractivity contribution in [3.63, 3.8) is 0 Å². The van der Waals surface area contributed by atoms with Gasteiger partial charge in [0.25, 0.3) is 0 Å². The first-order chi connectivity index (χ1) is 13.8. The van der Waals surface area contributed by atoms with Gasteiger partial charge in [0.2, 0.25) is 0 Å². The lowest BCUT2D eigenvalue weighted by Crippen LogP contribution is -2.14. The summed E-state index contributed by atoms with van der Waals surface area (Å²) in [5, 5.41) is 12.4. The molecule has 2 unspecified atom stereocenters. The second kappa shape index (κ2) is 13.4. The molecule has 158 valence electrons. The first-order valence-corrected chi connectivity index (χ1v) is 10.8. The van der Waals surface area contributed by atoms with Crippen molar-refractivity contribution >= 4 is 11.6 Å². The summed E-state index contributed by atoms with van der Waals surface area (Å²) in [6, 6.07) is 12.3. The van der Waals surface area contributed by atoms with Crippen LogP contribution in [0.15, 0.2) is 36.4 Å². The number of hydrogen-bond donors (Lipinski definition) is 1. The van der Waals surface area contributed by atoms with Crippen LogP contribution >= 0.6 is 11.6 Å².